The van der Waals surface area contributed by atoms with Crippen molar-refractivity contribution in [1.82, 2.24) is 9.97 Å². The Kier molecular flexibility index (Phi) is 5.03. The summed E-state index contributed by atoms with van der Waals surface area (Å²) in [6.07, 6.45) is 1.87. The van der Waals surface area contributed by atoms with Gasteiger partial charge in [0.25, 0.3) is 0 Å². The molecule has 0 amide bonds. The SMILES string of the molecule is N[C@@H](Cc1c[nH]c(=S)[nH]1)C(=O)O.[H-].[Li+]. The van der Waals surface area contributed by atoms with Crippen molar-refractivity contribution in [1.29, 1.82) is 0 Å². The molecule has 5 N–H and O–H groups in total. The topological polar surface area (TPSA) is 94.9 Å². The zero-order valence-corrected chi connectivity index (χ0v) is 8.02. The van der Waals surface area contributed by atoms with Crippen LogP contribution in [0.5, 0.6) is 0 Å². The number of carboxylic acids is 1. The van der Waals surface area contributed by atoms with Crippen LogP contribution in [0.4, 0.5) is 0 Å². The van der Waals surface area contributed by atoms with Gasteiger partial charge in [0.2, 0.25) is 0 Å². The second-order valence-corrected chi connectivity index (χ2v) is 2.83. The molecule has 0 unspecified atom stereocenters. The Morgan fingerprint density at radius 2 is 2.46 bits per heavy atom. The van der Waals surface area contributed by atoms with Gasteiger partial charge in [0.1, 0.15) is 6.04 Å². The first kappa shape index (κ1) is 12.5. The second kappa shape index (κ2) is 5.24. The van der Waals surface area contributed by atoms with Gasteiger partial charge in [-0.05, 0) is 12.2 Å². The fraction of sp³-hybridized carbons (Fsp3) is 0.333. The Morgan fingerprint density at radius 1 is 1.85 bits per heavy atom. The number of nitrogens with one attached hydrogen (secondary N) is 2. The van der Waals surface area contributed by atoms with Gasteiger partial charge in [0, 0.05) is 18.3 Å². The van der Waals surface area contributed by atoms with Gasteiger partial charge in [-0.3, -0.25) is 4.79 Å². The number of aliphatic carboxylic acids is 1. The molecule has 5 nitrogen and oxygen atoms in total. The fourth-order valence-electron chi connectivity index (χ4n) is 0.805. The maximum atomic E-state index is 10.3. The number of hydrogen-bond acceptors (Lipinski definition) is 3. The number of aromatic amines is 2. The van der Waals surface area contributed by atoms with Crippen LogP contribution in [0.2, 0.25) is 0 Å². The molecular formula is C6H10LiN3O2S. The van der Waals surface area contributed by atoms with Crippen molar-refractivity contribution in [3.05, 3.63) is 16.7 Å². The maximum Gasteiger partial charge on any atom is 1.00 e. The Balaban J connectivity index is 0. The summed E-state index contributed by atoms with van der Waals surface area (Å²) in [5.41, 5.74) is 5.99. The number of aromatic nitrogens is 2. The molecule has 0 aliphatic rings. The van der Waals surface area contributed by atoms with E-state index in [1.807, 2.05) is 0 Å². The first-order valence-corrected chi connectivity index (χ1v) is 3.75. The average molecular weight is 195 g/mol. The molecule has 0 saturated heterocycles. The summed E-state index contributed by atoms with van der Waals surface area (Å²) in [5, 5.41) is 8.47. The van der Waals surface area contributed by atoms with Gasteiger partial charge < -0.3 is 22.2 Å². The van der Waals surface area contributed by atoms with Gasteiger partial charge in [0.05, 0.1) is 0 Å². The molecule has 1 aromatic rings. The molecule has 1 atom stereocenters. The Labute approximate surface area is 93.4 Å². The second-order valence-electron chi connectivity index (χ2n) is 2.42. The van der Waals surface area contributed by atoms with Crippen LogP contribution in [-0.4, -0.2) is 27.1 Å². The Morgan fingerprint density at radius 3 is 2.85 bits per heavy atom. The largest absolute Gasteiger partial charge is 1.00 e. The molecule has 0 aliphatic heterocycles. The van der Waals surface area contributed by atoms with Crippen LogP contribution in [-0.2, 0) is 11.2 Å². The molecule has 0 radical (unpaired) electrons. The molecule has 68 valence electrons. The molecule has 1 heterocycles. The summed E-state index contributed by atoms with van der Waals surface area (Å²) in [6, 6.07) is -0.883. The van der Waals surface area contributed by atoms with Crippen molar-refractivity contribution in [2.75, 3.05) is 0 Å². The zero-order valence-electron chi connectivity index (χ0n) is 8.20. The smallest absolute Gasteiger partial charge is 1.00 e. The van der Waals surface area contributed by atoms with E-state index in [-0.39, 0.29) is 26.7 Å². The maximum absolute atomic E-state index is 10.3. The molecule has 0 spiro atoms. The average Bonchev–Trinajstić information content (AvgIpc) is 2.35. The molecule has 0 fully saturated rings. The standard InChI is InChI=1S/C6H9N3O2S.Li.H/c7-4(5(10)11)1-3-2-8-6(12)9-3;;/h2,4H,1,7H2,(H,10,11)(H2,8,9,12);;/q;+1;-1/t4-;;/m0../s1. The van der Waals surface area contributed by atoms with E-state index < -0.39 is 12.0 Å². The van der Waals surface area contributed by atoms with Crippen molar-refractivity contribution in [3.8, 4) is 0 Å². The molecular weight excluding hydrogens is 185 g/mol. The molecule has 1 rings (SSSR count). The van der Waals surface area contributed by atoms with Gasteiger partial charge in [-0.2, -0.15) is 0 Å². The Hall–Kier alpha value is -0.543. The van der Waals surface area contributed by atoms with Gasteiger partial charge in [-0.1, -0.05) is 0 Å². The minimum Gasteiger partial charge on any atom is -1.00 e. The summed E-state index contributed by atoms with van der Waals surface area (Å²) < 4.78 is 0.475. The summed E-state index contributed by atoms with van der Waals surface area (Å²) in [7, 11) is 0. The third-order valence-electron chi connectivity index (χ3n) is 1.41. The van der Waals surface area contributed by atoms with E-state index in [9.17, 15) is 4.79 Å². The van der Waals surface area contributed by atoms with Crippen LogP contribution >= 0.6 is 12.2 Å². The van der Waals surface area contributed by atoms with Crippen LogP contribution in [0.3, 0.4) is 0 Å². The van der Waals surface area contributed by atoms with Crippen molar-refractivity contribution in [3.63, 3.8) is 0 Å². The predicted molar refractivity (Wildman–Crippen MR) is 46.4 cm³/mol. The Bertz CT molecular complexity index is 340. The molecule has 1 aromatic heterocycles. The van der Waals surface area contributed by atoms with Crippen molar-refractivity contribution >= 4 is 18.2 Å². The van der Waals surface area contributed by atoms with E-state index in [2.05, 4.69) is 9.97 Å². The van der Waals surface area contributed by atoms with Crippen molar-refractivity contribution in [2.45, 2.75) is 12.5 Å². The molecule has 13 heavy (non-hydrogen) atoms. The monoisotopic (exact) mass is 195 g/mol. The molecule has 0 aliphatic carbocycles. The normalized spacial score (nSPS) is 11.8. The molecule has 0 saturated carbocycles. The first-order chi connectivity index (χ1) is 5.59. The van der Waals surface area contributed by atoms with Crippen LogP contribution in [0, 0.1) is 4.77 Å². The van der Waals surface area contributed by atoms with Crippen molar-refractivity contribution < 1.29 is 30.2 Å². The molecule has 0 bridgehead atoms. The number of carbonyl (C=O) groups is 1. The van der Waals surface area contributed by atoms with Gasteiger partial charge >= 0.3 is 24.8 Å². The minimum absolute atomic E-state index is 0. The third kappa shape index (κ3) is 3.78. The van der Waals surface area contributed by atoms with Crippen LogP contribution < -0.4 is 24.6 Å². The van der Waals surface area contributed by atoms with Gasteiger partial charge in [0.15, 0.2) is 4.77 Å². The van der Waals surface area contributed by atoms with Gasteiger partial charge in [-0.25, -0.2) is 0 Å². The number of carboxylic acid groups (broad SMARTS) is 1. The summed E-state index contributed by atoms with van der Waals surface area (Å²) >= 11 is 4.75. The van der Waals surface area contributed by atoms with Crippen LogP contribution in [0.1, 0.15) is 7.12 Å². The van der Waals surface area contributed by atoms with E-state index >= 15 is 0 Å². The van der Waals surface area contributed by atoms with E-state index in [0.717, 1.165) is 0 Å². The summed E-state index contributed by atoms with van der Waals surface area (Å²) in [6.45, 7) is 0. The van der Waals surface area contributed by atoms with Crippen LogP contribution in [0.25, 0.3) is 0 Å². The van der Waals surface area contributed by atoms with E-state index in [1.165, 1.54) is 0 Å². The first-order valence-electron chi connectivity index (χ1n) is 3.34. The molecule has 7 heteroatoms. The van der Waals surface area contributed by atoms with Gasteiger partial charge in [-0.15, -0.1) is 0 Å². The van der Waals surface area contributed by atoms with Crippen molar-refractivity contribution in [2.24, 2.45) is 5.73 Å². The van der Waals surface area contributed by atoms with Crippen LogP contribution in [0.15, 0.2) is 6.20 Å². The third-order valence-corrected chi connectivity index (χ3v) is 1.63. The summed E-state index contributed by atoms with van der Waals surface area (Å²) in [5.74, 6) is -1.02. The van der Waals surface area contributed by atoms with E-state index in [1.54, 1.807) is 6.20 Å². The quantitative estimate of drug-likeness (QED) is 0.308. The van der Waals surface area contributed by atoms with E-state index in [0.29, 0.717) is 10.5 Å². The fourth-order valence-corrected chi connectivity index (χ4v) is 0.995. The number of H-pyrrole nitrogens is 2. The number of imidazole rings is 1. The predicted octanol–water partition coefficient (Wildman–Crippen LogP) is -2.86. The number of hydrogen-bond donors (Lipinski definition) is 4. The summed E-state index contributed by atoms with van der Waals surface area (Å²) in [4.78, 5) is 15.8. The minimum atomic E-state index is -1.02. The number of rotatable bonds is 3. The number of nitrogens with two attached hydrogens (primary N) is 1. The van der Waals surface area contributed by atoms with E-state index in [4.69, 9.17) is 23.1 Å². The zero-order chi connectivity index (χ0) is 9.14. The molecule has 0 aromatic carbocycles.